The fraction of sp³-hybridized carbons (Fsp3) is 0.200. The maximum atomic E-state index is 12.1. The molecule has 2 aromatic rings. The van der Waals surface area contributed by atoms with Crippen LogP contribution >= 0.6 is 0 Å². The highest BCUT2D eigenvalue weighted by Gasteiger charge is 2.11. The molecule has 0 spiro atoms. The van der Waals surface area contributed by atoms with E-state index < -0.39 is 11.8 Å². The van der Waals surface area contributed by atoms with Gasteiger partial charge in [-0.25, -0.2) is 5.43 Å². The number of hydrogen-bond donors (Lipinski definition) is 3. The van der Waals surface area contributed by atoms with Crippen molar-refractivity contribution in [2.75, 3.05) is 11.9 Å². The third-order valence-electron chi connectivity index (χ3n) is 3.71. The highest BCUT2D eigenvalue weighted by atomic mass is 16.5. The fourth-order valence-electron chi connectivity index (χ4n) is 2.32. The lowest BCUT2D eigenvalue weighted by Gasteiger charge is -2.09. The molecule has 0 radical (unpaired) electrons. The predicted octanol–water partition coefficient (Wildman–Crippen LogP) is 1.99. The van der Waals surface area contributed by atoms with Crippen LogP contribution in [0.4, 0.5) is 5.69 Å². The highest BCUT2D eigenvalue weighted by molar-refractivity contribution is 6.08. The molecule has 28 heavy (non-hydrogen) atoms. The van der Waals surface area contributed by atoms with Crippen LogP contribution < -0.4 is 21.2 Å². The zero-order valence-electron chi connectivity index (χ0n) is 15.7. The molecule has 0 heterocycles. The Labute approximate surface area is 162 Å². The Morgan fingerprint density at radius 1 is 1.04 bits per heavy atom. The number of ether oxygens (including phenoxy) is 1. The lowest BCUT2D eigenvalue weighted by molar-refractivity contribution is -0.123. The van der Waals surface area contributed by atoms with E-state index in [9.17, 15) is 14.4 Å². The number of nitrogens with zero attached hydrogens (tertiary/aromatic N) is 1. The number of hydrazone groups is 1. The number of anilines is 1. The Bertz CT molecular complexity index is 909. The number of amides is 3. The Morgan fingerprint density at radius 3 is 2.43 bits per heavy atom. The molecular weight excluding hydrogens is 360 g/mol. The molecule has 0 atom stereocenters. The van der Waals surface area contributed by atoms with Gasteiger partial charge in [0.1, 0.15) is 5.75 Å². The van der Waals surface area contributed by atoms with Crippen LogP contribution in [0, 0.1) is 6.92 Å². The SMILES string of the molecule is C/C(CC(=O)Nc1ccccc1C(N)=O)=N\NC(=O)COc1ccccc1C. The summed E-state index contributed by atoms with van der Waals surface area (Å²) in [6.07, 6.45) is -0.0635. The molecule has 0 aromatic heterocycles. The van der Waals surface area contributed by atoms with E-state index in [2.05, 4.69) is 15.8 Å². The van der Waals surface area contributed by atoms with Crippen molar-refractivity contribution in [1.29, 1.82) is 0 Å². The number of primary amides is 1. The summed E-state index contributed by atoms with van der Waals surface area (Å²) in [5.41, 5.74) is 9.46. The first-order valence-corrected chi connectivity index (χ1v) is 8.56. The van der Waals surface area contributed by atoms with Crippen molar-refractivity contribution >= 4 is 29.1 Å². The van der Waals surface area contributed by atoms with Gasteiger partial charge < -0.3 is 15.8 Å². The van der Waals surface area contributed by atoms with E-state index in [0.717, 1.165) is 5.56 Å². The Balaban J connectivity index is 1.83. The highest BCUT2D eigenvalue weighted by Crippen LogP contribution is 2.16. The summed E-state index contributed by atoms with van der Waals surface area (Å²) in [5, 5.41) is 6.49. The summed E-state index contributed by atoms with van der Waals surface area (Å²) >= 11 is 0. The van der Waals surface area contributed by atoms with Crippen LogP contribution in [0.1, 0.15) is 29.3 Å². The Hall–Kier alpha value is -3.68. The van der Waals surface area contributed by atoms with Gasteiger partial charge in [0, 0.05) is 5.71 Å². The van der Waals surface area contributed by atoms with Gasteiger partial charge in [-0.15, -0.1) is 0 Å². The Morgan fingerprint density at radius 2 is 1.71 bits per heavy atom. The average molecular weight is 382 g/mol. The van der Waals surface area contributed by atoms with E-state index >= 15 is 0 Å². The van der Waals surface area contributed by atoms with Gasteiger partial charge in [-0.1, -0.05) is 30.3 Å². The largest absolute Gasteiger partial charge is 0.483 e. The maximum Gasteiger partial charge on any atom is 0.277 e. The maximum absolute atomic E-state index is 12.1. The zero-order chi connectivity index (χ0) is 20.5. The van der Waals surface area contributed by atoms with Crippen LogP contribution in [-0.2, 0) is 9.59 Å². The number of nitrogens with two attached hydrogens (primary N) is 1. The molecule has 0 bridgehead atoms. The quantitative estimate of drug-likeness (QED) is 0.477. The third-order valence-corrected chi connectivity index (χ3v) is 3.71. The first-order chi connectivity index (χ1) is 13.4. The second-order valence-electron chi connectivity index (χ2n) is 6.07. The van der Waals surface area contributed by atoms with Crippen LogP contribution in [0.25, 0.3) is 0 Å². The van der Waals surface area contributed by atoms with E-state index in [1.807, 2.05) is 25.1 Å². The molecule has 8 nitrogen and oxygen atoms in total. The standard InChI is InChI=1S/C20H22N4O4/c1-13-7-3-6-10-17(13)28-12-19(26)24-23-14(2)11-18(25)22-16-9-5-4-8-15(16)20(21)27/h3-10H,11-12H2,1-2H3,(H2,21,27)(H,22,25)(H,24,26)/b23-14+. The molecule has 0 aliphatic carbocycles. The second-order valence-corrected chi connectivity index (χ2v) is 6.07. The number of para-hydroxylation sites is 2. The van der Waals surface area contributed by atoms with E-state index in [1.54, 1.807) is 31.2 Å². The van der Waals surface area contributed by atoms with Crippen molar-refractivity contribution in [1.82, 2.24) is 5.43 Å². The molecule has 146 valence electrons. The minimum atomic E-state index is -0.637. The van der Waals surface area contributed by atoms with Gasteiger partial charge in [-0.3, -0.25) is 14.4 Å². The second kappa shape index (κ2) is 9.86. The lowest BCUT2D eigenvalue weighted by Crippen LogP contribution is -2.26. The van der Waals surface area contributed by atoms with Gasteiger partial charge in [-0.2, -0.15) is 5.10 Å². The number of rotatable bonds is 8. The molecule has 2 aromatic carbocycles. The molecule has 2 rings (SSSR count). The van der Waals surface area contributed by atoms with Crippen molar-refractivity contribution in [3.05, 3.63) is 59.7 Å². The number of nitrogens with one attached hydrogen (secondary N) is 2. The zero-order valence-corrected chi connectivity index (χ0v) is 15.7. The number of aryl methyl sites for hydroxylation is 1. The van der Waals surface area contributed by atoms with Crippen molar-refractivity contribution < 1.29 is 19.1 Å². The molecule has 0 aliphatic heterocycles. The van der Waals surface area contributed by atoms with E-state index in [1.165, 1.54) is 6.07 Å². The van der Waals surface area contributed by atoms with Crippen molar-refractivity contribution in [3.8, 4) is 5.75 Å². The number of carbonyl (C=O) groups is 3. The number of hydrogen-bond acceptors (Lipinski definition) is 5. The summed E-state index contributed by atoms with van der Waals surface area (Å²) in [4.78, 5) is 35.3. The third kappa shape index (κ3) is 6.24. The topological polar surface area (TPSA) is 123 Å². The first kappa shape index (κ1) is 20.6. The molecule has 3 amide bonds. The van der Waals surface area contributed by atoms with E-state index in [4.69, 9.17) is 10.5 Å². The van der Waals surface area contributed by atoms with Gasteiger partial charge in [0.05, 0.1) is 17.7 Å². The lowest BCUT2D eigenvalue weighted by atomic mass is 10.1. The van der Waals surface area contributed by atoms with Gasteiger partial charge in [0.15, 0.2) is 6.61 Å². The number of carbonyl (C=O) groups excluding carboxylic acids is 3. The van der Waals surface area contributed by atoms with E-state index in [0.29, 0.717) is 17.1 Å². The van der Waals surface area contributed by atoms with Gasteiger partial charge in [0.25, 0.3) is 11.8 Å². The number of benzene rings is 2. The molecular formula is C20H22N4O4. The van der Waals surface area contributed by atoms with E-state index in [-0.39, 0.29) is 24.5 Å². The molecule has 0 aliphatic rings. The van der Waals surface area contributed by atoms with Crippen molar-refractivity contribution in [2.24, 2.45) is 10.8 Å². The summed E-state index contributed by atoms with van der Waals surface area (Å²) in [6.45, 7) is 3.28. The average Bonchev–Trinajstić information content (AvgIpc) is 2.66. The minimum Gasteiger partial charge on any atom is -0.483 e. The fourth-order valence-corrected chi connectivity index (χ4v) is 2.32. The van der Waals surface area contributed by atoms with Crippen molar-refractivity contribution in [2.45, 2.75) is 20.3 Å². The molecule has 0 saturated heterocycles. The van der Waals surface area contributed by atoms with Gasteiger partial charge in [0.2, 0.25) is 5.91 Å². The Kier molecular flexibility index (Phi) is 7.27. The van der Waals surface area contributed by atoms with Gasteiger partial charge in [-0.05, 0) is 37.6 Å². The first-order valence-electron chi connectivity index (χ1n) is 8.56. The van der Waals surface area contributed by atoms with Crippen LogP contribution in [-0.4, -0.2) is 30.0 Å². The van der Waals surface area contributed by atoms with Crippen LogP contribution in [0.15, 0.2) is 53.6 Å². The summed E-state index contributed by atoms with van der Waals surface area (Å²) in [6, 6.07) is 13.8. The smallest absolute Gasteiger partial charge is 0.277 e. The van der Waals surface area contributed by atoms with Gasteiger partial charge >= 0.3 is 0 Å². The summed E-state index contributed by atoms with van der Waals surface area (Å²) < 4.78 is 5.42. The van der Waals surface area contributed by atoms with Crippen LogP contribution in [0.3, 0.4) is 0 Å². The molecule has 0 fully saturated rings. The minimum absolute atomic E-state index is 0.0635. The van der Waals surface area contributed by atoms with Crippen LogP contribution in [0.5, 0.6) is 5.75 Å². The summed E-state index contributed by atoms with van der Waals surface area (Å²) in [5.74, 6) is -0.851. The molecule has 8 heteroatoms. The normalized spacial score (nSPS) is 10.9. The summed E-state index contributed by atoms with van der Waals surface area (Å²) in [7, 11) is 0. The molecule has 0 unspecified atom stereocenters. The van der Waals surface area contributed by atoms with Crippen LogP contribution in [0.2, 0.25) is 0 Å². The monoisotopic (exact) mass is 382 g/mol. The van der Waals surface area contributed by atoms with Crippen molar-refractivity contribution in [3.63, 3.8) is 0 Å². The predicted molar refractivity (Wildman–Crippen MR) is 106 cm³/mol. The molecule has 0 saturated carbocycles. The molecule has 4 N–H and O–H groups in total.